The molecule has 0 saturated carbocycles. The van der Waals surface area contributed by atoms with Gasteiger partial charge in [-0.2, -0.15) is 0 Å². The number of carbonyl (C=O) groups is 3. The minimum absolute atomic E-state index is 0.0849. The van der Waals surface area contributed by atoms with Gasteiger partial charge in [-0.05, 0) is 70.7 Å². The Hall–Kier alpha value is -2.17. The van der Waals surface area contributed by atoms with Gasteiger partial charge < -0.3 is 30.1 Å². The van der Waals surface area contributed by atoms with E-state index in [0.29, 0.717) is 43.9 Å². The molecule has 36 heavy (non-hydrogen) atoms. The number of alkyl halides is 1. The Morgan fingerprint density at radius 1 is 1.22 bits per heavy atom. The van der Waals surface area contributed by atoms with Crippen molar-refractivity contribution in [3.63, 3.8) is 0 Å². The minimum atomic E-state index is -1.06. The summed E-state index contributed by atoms with van der Waals surface area (Å²) in [5, 5.41) is 15.0. The first-order valence-electron chi connectivity index (χ1n) is 12.8. The van der Waals surface area contributed by atoms with Crippen LogP contribution in [0.4, 0.5) is 5.69 Å². The zero-order valence-electron chi connectivity index (χ0n) is 21.0. The van der Waals surface area contributed by atoms with Crippen molar-refractivity contribution in [1.82, 2.24) is 10.2 Å². The van der Waals surface area contributed by atoms with Crippen molar-refractivity contribution in [2.45, 2.75) is 75.1 Å². The number of anilines is 1. The molecule has 3 unspecified atom stereocenters. The molecule has 3 aliphatic rings. The van der Waals surface area contributed by atoms with Crippen molar-refractivity contribution in [3.8, 4) is 5.75 Å². The maximum atomic E-state index is 13.8. The highest BCUT2D eigenvalue weighted by molar-refractivity contribution is 9.09. The van der Waals surface area contributed by atoms with Gasteiger partial charge in [0.25, 0.3) is 0 Å². The molecule has 198 valence electrons. The molecule has 1 aromatic carbocycles. The SMILES string of the molecule is CCOc1ccc(NC(=O)[C@H]2[C@H]3C(=O)N(CCCCCO)C(C(=O)NC(C)C)C34CC(Br)[C@@H]2O4)cc1. The zero-order chi connectivity index (χ0) is 26.0. The lowest BCUT2D eigenvalue weighted by Crippen LogP contribution is -2.56. The van der Waals surface area contributed by atoms with Gasteiger partial charge in [0.05, 0.1) is 24.5 Å². The van der Waals surface area contributed by atoms with Crippen LogP contribution in [0.15, 0.2) is 24.3 Å². The zero-order valence-corrected chi connectivity index (χ0v) is 22.6. The molecule has 3 fully saturated rings. The number of aliphatic hydroxyl groups is 1. The molecular formula is C26H36BrN3O6. The van der Waals surface area contributed by atoms with Gasteiger partial charge in [0, 0.05) is 29.7 Å². The van der Waals surface area contributed by atoms with Crippen LogP contribution in [0.1, 0.15) is 46.5 Å². The molecule has 3 N–H and O–H groups in total. The summed E-state index contributed by atoms with van der Waals surface area (Å²) in [6, 6.07) is 6.19. The van der Waals surface area contributed by atoms with Crippen molar-refractivity contribution >= 4 is 39.3 Å². The van der Waals surface area contributed by atoms with E-state index in [2.05, 4.69) is 26.6 Å². The number of unbranched alkanes of at least 4 members (excludes halogenated alkanes) is 2. The average molecular weight is 566 g/mol. The number of benzene rings is 1. The van der Waals surface area contributed by atoms with E-state index >= 15 is 0 Å². The summed E-state index contributed by atoms with van der Waals surface area (Å²) >= 11 is 3.68. The molecule has 9 nitrogen and oxygen atoms in total. The second-order valence-electron chi connectivity index (χ2n) is 10.1. The first-order valence-corrected chi connectivity index (χ1v) is 13.7. The molecule has 3 saturated heterocycles. The highest BCUT2D eigenvalue weighted by atomic mass is 79.9. The second-order valence-corrected chi connectivity index (χ2v) is 11.3. The number of nitrogens with zero attached hydrogens (tertiary/aromatic N) is 1. The van der Waals surface area contributed by atoms with Crippen LogP contribution in [-0.2, 0) is 19.1 Å². The fourth-order valence-corrected chi connectivity index (χ4v) is 6.87. The minimum Gasteiger partial charge on any atom is -0.494 e. The fourth-order valence-electron chi connectivity index (χ4n) is 5.93. The monoisotopic (exact) mass is 565 g/mol. The molecule has 1 aromatic rings. The predicted octanol–water partition coefficient (Wildman–Crippen LogP) is 2.46. The van der Waals surface area contributed by atoms with E-state index in [1.165, 1.54) is 0 Å². The summed E-state index contributed by atoms with van der Waals surface area (Å²) < 4.78 is 11.9. The normalized spacial score (nSPS) is 30.6. The summed E-state index contributed by atoms with van der Waals surface area (Å²) in [4.78, 5) is 42.3. The number of amides is 3. The Morgan fingerprint density at radius 3 is 2.58 bits per heavy atom. The van der Waals surface area contributed by atoms with E-state index < -0.39 is 29.6 Å². The van der Waals surface area contributed by atoms with Gasteiger partial charge in [0.2, 0.25) is 17.7 Å². The Morgan fingerprint density at radius 2 is 1.94 bits per heavy atom. The van der Waals surface area contributed by atoms with Crippen molar-refractivity contribution in [2.24, 2.45) is 11.8 Å². The summed E-state index contributed by atoms with van der Waals surface area (Å²) in [5.74, 6) is -1.51. The van der Waals surface area contributed by atoms with Crippen LogP contribution >= 0.6 is 15.9 Å². The number of carbonyl (C=O) groups excluding carboxylic acids is 3. The number of nitrogens with one attached hydrogen (secondary N) is 2. The third-order valence-electron chi connectivity index (χ3n) is 7.26. The summed E-state index contributed by atoms with van der Waals surface area (Å²) in [6.07, 6.45) is 2.00. The Kier molecular flexibility index (Phi) is 8.26. The maximum absolute atomic E-state index is 13.8. The fraction of sp³-hybridized carbons (Fsp3) is 0.654. The van der Waals surface area contributed by atoms with Crippen LogP contribution < -0.4 is 15.4 Å². The lowest BCUT2D eigenvalue weighted by Gasteiger charge is -2.34. The van der Waals surface area contributed by atoms with Crippen LogP contribution in [0.25, 0.3) is 0 Å². The first kappa shape index (κ1) is 26.9. The van der Waals surface area contributed by atoms with Gasteiger partial charge >= 0.3 is 0 Å². The van der Waals surface area contributed by atoms with E-state index in [4.69, 9.17) is 14.6 Å². The molecule has 0 aromatic heterocycles. The summed E-state index contributed by atoms with van der Waals surface area (Å²) in [6.45, 7) is 6.67. The molecule has 0 aliphatic carbocycles. The van der Waals surface area contributed by atoms with E-state index in [1.54, 1.807) is 29.2 Å². The van der Waals surface area contributed by atoms with Crippen molar-refractivity contribution in [1.29, 1.82) is 0 Å². The third kappa shape index (κ3) is 4.87. The van der Waals surface area contributed by atoms with Crippen molar-refractivity contribution < 1.29 is 29.0 Å². The predicted molar refractivity (Wildman–Crippen MR) is 138 cm³/mol. The van der Waals surface area contributed by atoms with E-state index in [-0.39, 0.29) is 35.2 Å². The molecule has 6 atom stereocenters. The quantitative estimate of drug-likeness (QED) is 0.280. The van der Waals surface area contributed by atoms with E-state index in [0.717, 1.165) is 6.42 Å². The number of halogens is 1. The van der Waals surface area contributed by atoms with Crippen LogP contribution in [0.3, 0.4) is 0 Å². The Balaban J connectivity index is 1.60. The number of aliphatic hydroxyl groups excluding tert-OH is 1. The number of fused-ring (bicyclic) bond motifs is 1. The molecular weight excluding hydrogens is 530 g/mol. The Labute approximate surface area is 220 Å². The van der Waals surface area contributed by atoms with Gasteiger partial charge in [0.1, 0.15) is 17.4 Å². The molecule has 4 rings (SSSR count). The number of likely N-dealkylation sites (tertiary alicyclic amines) is 1. The number of hydrogen-bond donors (Lipinski definition) is 3. The molecule has 3 amide bonds. The lowest BCUT2D eigenvalue weighted by atomic mass is 9.70. The molecule has 3 aliphatic heterocycles. The second kappa shape index (κ2) is 11.1. The van der Waals surface area contributed by atoms with Crippen LogP contribution in [0.5, 0.6) is 5.75 Å². The van der Waals surface area contributed by atoms with Gasteiger partial charge in [-0.1, -0.05) is 15.9 Å². The van der Waals surface area contributed by atoms with E-state index in [1.807, 2.05) is 20.8 Å². The van der Waals surface area contributed by atoms with Gasteiger partial charge in [0.15, 0.2) is 0 Å². The maximum Gasteiger partial charge on any atom is 0.246 e. The summed E-state index contributed by atoms with van der Waals surface area (Å²) in [5.41, 5.74) is -0.459. The largest absolute Gasteiger partial charge is 0.494 e. The van der Waals surface area contributed by atoms with Crippen molar-refractivity contribution in [2.75, 3.05) is 25.1 Å². The summed E-state index contributed by atoms with van der Waals surface area (Å²) in [7, 11) is 0. The highest BCUT2D eigenvalue weighted by Crippen LogP contribution is 2.60. The van der Waals surface area contributed by atoms with Crippen molar-refractivity contribution in [3.05, 3.63) is 24.3 Å². The van der Waals surface area contributed by atoms with Crippen LogP contribution in [0.2, 0.25) is 0 Å². The first-order chi connectivity index (χ1) is 17.2. The van der Waals surface area contributed by atoms with Gasteiger partial charge in [-0.3, -0.25) is 14.4 Å². The molecule has 10 heteroatoms. The molecule has 1 spiro atoms. The van der Waals surface area contributed by atoms with E-state index in [9.17, 15) is 14.4 Å². The van der Waals surface area contributed by atoms with Crippen LogP contribution in [-0.4, -0.2) is 76.1 Å². The lowest BCUT2D eigenvalue weighted by molar-refractivity contribution is -0.141. The number of rotatable bonds is 11. The molecule has 0 radical (unpaired) electrons. The smallest absolute Gasteiger partial charge is 0.246 e. The van der Waals surface area contributed by atoms with Crippen LogP contribution in [0, 0.1) is 11.8 Å². The highest BCUT2D eigenvalue weighted by Gasteiger charge is 2.76. The van der Waals surface area contributed by atoms with Gasteiger partial charge in [-0.25, -0.2) is 0 Å². The average Bonchev–Trinajstić information content (AvgIpc) is 3.41. The topological polar surface area (TPSA) is 117 Å². The standard InChI is InChI=1S/C26H36BrN3O6/c1-4-35-17-10-8-16(9-11-17)29-23(32)19-20-25(34)30(12-6-5-7-13-31)22(24(33)28-15(2)3)26(20)14-18(27)21(19)36-26/h8-11,15,18-22,31H,4-7,12-14H2,1-3H3,(H,28,33)(H,29,32)/t18?,19-,20-,21-,22?,26?/m0/s1. The molecule has 2 bridgehead atoms. The number of hydrogen-bond acceptors (Lipinski definition) is 6. The van der Waals surface area contributed by atoms with Gasteiger partial charge in [-0.15, -0.1) is 0 Å². The Bertz CT molecular complexity index is 973. The number of ether oxygens (including phenoxy) is 2. The third-order valence-corrected chi connectivity index (χ3v) is 8.11. The molecule has 3 heterocycles.